The van der Waals surface area contributed by atoms with E-state index in [0.717, 1.165) is 32.9 Å². The molecule has 0 spiro atoms. The molecule has 84 valence electrons. The summed E-state index contributed by atoms with van der Waals surface area (Å²) in [6.45, 7) is 13.0. The molecule has 0 bridgehead atoms. The third kappa shape index (κ3) is 3.56. The Balaban J connectivity index is 2.13. The summed E-state index contributed by atoms with van der Waals surface area (Å²) in [4.78, 5) is 0. The molecule has 0 radical (unpaired) electrons. The van der Waals surface area contributed by atoms with E-state index in [-0.39, 0.29) is 5.60 Å². The normalized spacial score (nSPS) is 20.6. The summed E-state index contributed by atoms with van der Waals surface area (Å²) < 4.78 is 10.8. The van der Waals surface area contributed by atoms with Crippen molar-refractivity contribution in [2.24, 2.45) is 5.41 Å². The molecule has 1 N–H and O–H groups in total. The zero-order chi connectivity index (χ0) is 10.7. The van der Waals surface area contributed by atoms with Crippen LogP contribution in [0.4, 0.5) is 0 Å². The van der Waals surface area contributed by atoms with Crippen molar-refractivity contribution in [2.75, 3.05) is 32.9 Å². The van der Waals surface area contributed by atoms with Crippen LogP contribution in [-0.4, -0.2) is 38.5 Å². The first-order chi connectivity index (χ1) is 6.47. The number of nitrogens with one attached hydrogen (secondary N) is 1. The van der Waals surface area contributed by atoms with E-state index in [1.807, 2.05) is 6.92 Å². The van der Waals surface area contributed by atoms with Gasteiger partial charge in [0.25, 0.3) is 0 Å². The molecule has 0 aromatic heterocycles. The lowest BCUT2D eigenvalue weighted by atomic mass is 9.88. The van der Waals surface area contributed by atoms with E-state index in [4.69, 9.17) is 9.47 Å². The van der Waals surface area contributed by atoms with Gasteiger partial charge in [0.2, 0.25) is 0 Å². The molecule has 1 saturated heterocycles. The molecule has 0 aromatic carbocycles. The highest BCUT2D eigenvalue weighted by atomic mass is 16.5. The maximum absolute atomic E-state index is 5.60. The Labute approximate surface area is 87.2 Å². The highest BCUT2D eigenvalue weighted by Gasteiger charge is 2.33. The van der Waals surface area contributed by atoms with Crippen molar-refractivity contribution >= 4 is 0 Å². The van der Waals surface area contributed by atoms with Gasteiger partial charge in [-0.15, -0.1) is 0 Å². The van der Waals surface area contributed by atoms with E-state index in [9.17, 15) is 0 Å². The maximum atomic E-state index is 5.60. The van der Waals surface area contributed by atoms with Crippen molar-refractivity contribution in [3.8, 4) is 0 Å². The minimum Gasteiger partial charge on any atom is -0.380 e. The third-order valence-corrected chi connectivity index (χ3v) is 2.54. The molecule has 1 aliphatic heterocycles. The second kappa shape index (κ2) is 4.60. The van der Waals surface area contributed by atoms with Crippen LogP contribution < -0.4 is 5.32 Å². The molecule has 3 nitrogen and oxygen atoms in total. The second-order valence-corrected chi connectivity index (χ2v) is 5.10. The van der Waals surface area contributed by atoms with E-state index >= 15 is 0 Å². The van der Waals surface area contributed by atoms with Gasteiger partial charge in [-0.2, -0.15) is 0 Å². The molecule has 3 heteroatoms. The van der Waals surface area contributed by atoms with Gasteiger partial charge in [0.05, 0.1) is 18.8 Å². The van der Waals surface area contributed by atoms with Gasteiger partial charge in [-0.05, 0) is 20.8 Å². The van der Waals surface area contributed by atoms with E-state index in [2.05, 4.69) is 26.1 Å². The van der Waals surface area contributed by atoms with Crippen LogP contribution in [0.5, 0.6) is 0 Å². The third-order valence-electron chi connectivity index (χ3n) is 2.54. The standard InChI is InChI=1S/C11H23NO2/c1-5-14-10(2,3)6-12-7-11(4)8-13-9-11/h12H,5-9H2,1-4H3. The Kier molecular flexibility index (Phi) is 3.93. The summed E-state index contributed by atoms with van der Waals surface area (Å²) in [6, 6.07) is 0. The molecule has 0 aliphatic carbocycles. The van der Waals surface area contributed by atoms with Crippen molar-refractivity contribution < 1.29 is 9.47 Å². The van der Waals surface area contributed by atoms with Gasteiger partial charge in [-0.25, -0.2) is 0 Å². The van der Waals surface area contributed by atoms with Crippen molar-refractivity contribution in [1.82, 2.24) is 5.32 Å². The number of ether oxygens (including phenoxy) is 2. The fraction of sp³-hybridized carbons (Fsp3) is 1.00. The van der Waals surface area contributed by atoms with Gasteiger partial charge in [0.15, 0.2) is 0 Å². The molecule has 0 saturated carbocycles. The first kappa shape index (κ1) is 12.0. The van der Waals surface area contributed by atoms with Crippen LogP contribution in [0, 0.1) is 5.41 Å². The summed E-state index contributed by atoms with van der Waals surface area (Å²) in [5.41, 5.74) is 0.290. The largest absolute Gasteiger partial charge is 0.380 e. The van der Waals surface area contributed by atoms with Gasteiger partial charge >= 0.3 is 0 Å². The van der Waals surface area contributed by atoms with Crippen LogP contribution in [0.2, 0.25) is 0 Å². The zero-order valence-electron chi connectivity index (χ0n) is 9.85. The highest BCUT2D eigenvalue weighted by molar-refractivity contribution is 4.84. The van der Waals surface area contributed by atoms with Crippen molar-refractivity contribution in [1.29, 1.82) is 0 Å². The first-order valence-corrected chi connectivity index (χ1v) is 5.40. The zero-order valence-corrected chi connectivity index (χ0v) is 9.85. The Bertz CT molecular complexity index is 176. The van der Waals surface area contributed by atoms with Gasteiger partial charge in [-0.3, -0.25) is 0 Å². The minimum absolute atomic E-state index is 0.0598. The molecular weight excluding hydrogens is 178 g/mol. The lowest BCUT2D eigenvalue weighted by molar-refractivity contribution is -0.102. The molecular formula is C11H23NO2. The van der Waals surface area contributed by atoms with Crippen molar-refractivity contribution in [3.63, 3.8) is 0 Å². The average Bonchev–Trinajstić information content (AvgIpc) is 2.00. The fourth-order valence-electron chi connectivity index (χ4n) is 1.66. The minimum atomic E-state index is -0.0598. The fourth-order valence-corrected chi connectivity index (χ4v) is 1.66. The summed E-state index contributed by atoms with van der Waals surface area (Å²) >= 11 is 0. The van der Waals surface area contributed by atoms with Gasteiger partial charge in [-0.1, -0.05) is 6.92 Å². The quantitative estimate of drug-likeness (QED) is 0.705. The van der Waals surface area contributed by atoms with Crippen LogP contribution in [0.3, 0.4) is 0 Å². The molecule has 0 atom stereocenters. The Morgan fingerprint density at radius 3 is 2.50 bits per heavy atom. The van der Waals surface area contributed by atoms with E-state index in [0.29, 0.717) is 5.41 Å². The van der Waals surface area contributed by atoms with Crippen LogP contribution in [0.15, 0.2) is 0 Å². The molecule has 1 aliphatic rings. The average molecular weight is 201 g/mol. The lowest BCUT2D eigenvalue weighted by Gasteiger charge is -2.39. The van der Waals surface area contributed by atoms with Crippen LogP contribution in [-0.2, 0) is 9.47 Å². The van der Waals surface area contributed by atoms with Gasteiger partial charge in [0.1, 0.15) is 0 Å². The summed E-state index contributed by atoms with van der Waals surface area (Å²) in [6.07, 6.45) is 0. The van der Waals surface area contributed by atoms with E-state index < -0.39 is 0 Å². The topological polar surface area (TPSA) is 30.5 Å². The SMILES string of the molecule is CCOC(C)(C)CNCC1(C)COC1. The Morgan fingerprint density at radius 1 is 1.43 bits per heavy atom. The molecule has 0 unspecified atom stereocenters. The maximum Gasteiger partial charge on any atom is 0.0750 e. The van der Waals surface area contributed by atoms with Crippen molar-refractivity contribution in [2.45, 2.75) is 33.3 Å². The Morgan fingerprint density at radius 2 is 2.07 bits per heavy atom. The molecule has 14 heavy (non-hydrogen) atoms. The Hall–Kier alpha value is -0.120. The van der Waals surface area contributed by atoms with Gasteiger partial charge < -0.3 is 14.8 Å². The molecule has 0 aromatic rings. The van der Waals surface area contributed by atoms with Crippen LogP contribution >= 0.6 is 0 Å². The van der Waals surface area contributed by atoms with E-state index in [1.54, 1.807) is 0 Å². The molecule has 0 amide bonds. The smallest absolute Gasteiger partial charge is 0.0750 e. The lowest BCUT2D eigenvalue weighted by Crippen LogP contribution is -2.50. The predicted octanol–water partition coefficient (Wildman–Crippen LogP) is 1.43. The number of rotatable bonds is 6. The van der Waals surface area contributed by atoms with Crippen LogP contribution in [0.25, 0.3) is 0 Å². The van der Waals surface area contributed by atoms with Gasteiger partial charge in [0, 0.05) is 25.1 Å². The summed E-state index contributed by atoms with van der Waals surface area (Å²) in [5, 5.41) is 3.45. The van der Waals surface area contributed by atoms with Crippen molar-refractivity contribution in [3.05, 3.63) is 0 Å². The summed E-state index contributed by atoms with van der Waals surface area (Å²) in [7, 11) is 0. The predicted molar refractivity (Wildman–Crippen MR) is 57.5 cm³/mol. The number of hydrogen-bond acceptors (Lipinski definition) is 3. The highest BCUT2D eigenvalue weighted by Crippen LogP contribution is 2.25. The van der Waals surface area contributed by atoms with Crippen LogP contribution in [0.1, 0.15) is 27.7 Å². The van der Waals surface area contributed by atoms with E-state index in [1.165, 1.54) is 0 Å². The molecule has 1 rings (SSSR count). The second-order valence-electron chi connectivity index (χ2n) is 5.10. The first-order valence-electron chi connectivity index (χ1n) is 5.40. The molecule has 1 fully saturated rings. The monoisotopic (exact) mass is 201 g/mol. The number of hydrogen-bond donors (Lipinski definition) is 1. The molecule has 1 heterocycles. The summed E-state index contributed by atoms with van der Waals surface area (Å²) in [5.74, 6) is 0.